The van der Waals surface area contributed by atoms with E-state index >= 15 is 0 Å². The van der Waals surface area contributed by atoms with Crippen LogP contribution in [0.5, 0.6) is 0 Å². The van der Waals surface area contributed by atoms with Gasteiger partial charge in [-0.3, -0.25) is 39.0 Å². The first-order valence-electron chi connectivity index (χ1n) is 20.0. The molecular weight excluding hydrogens is 782 g/mol. The van der Waals surface area contributed by atoms with Gasteiger partial charge in [0.05, 0.1) is 42.1 Å². The molecule has 17 nitrogen and oxygen atoms in total. The van der Waals surface area contributed by atoms with E-state index in [0.29, 0.717) is 68.6 Å². The number of ether oxygens (including phenoxy) is 1. The molecule has 1 aromatic heterocycles. The number of aromatic nitrogens is 2. The van der Waals surface area contributed by atoms with Gasteiger partial charge in [0, 0.05) is 81.5 Å². The third kappa shape index (κ3) is 9.22. The molecule has 4 aliphatic rings. The van der Waals surface area contributed by atoms with Crippen LogP contribution >= 0.6 is 11.6 Å². The predicted molar refractivity (Wildman–Crippen MR) is 216 cm³/mol. The number of halogens is 1. The molecule has 2 fully saturated rings. The minimum atomic E-state index is -1.05. The summed E-state index contributed by atoms with van der Waals surface area (Å²) in [7, 11) is 0. The molecule has 7 rings (SSSR count). The van der Waals surface area contributed by atoms with Crippen molar-refractivity contribution < 1.29 is 38.6 Å². The van der Waals surface area contributed by atoms with Crippen molar-refractivity contribution >= 4 is 58.5 Å². The number of nitrogens with one attached hydrogen (secondary N) is 4. The highest BCUT2D eigenvalue weighted by molar-refractivity contribution is 6.30. The zero-order valence-corrected chi connectivity index (χ0v) is 33.5. The van der Waals surface area contributed by atoms with Crippen molar-refractivity contribution in [2.45, 2.75) is 56.6 Å². The fourth-order valence-corrected chi connectivity index (χ4v) is 8.30. The maximum atomic E-state index is 14.0. The average molecular weight is 830 g/mol. The van der Waals surface area contributed by atoms with Crippen LogP contribution in [0.2, 0.25) is 5.02 Å². The number of aliphatic hydroxyl groups excluding tert-OH is 1. The Kier molecular flexibility index (Phi) is 13.1. The van der Waals surface area contributed by atoms with Crippen LogP contribution in [0.4, 0.5) is 11.5 Å². The van der Waals surface area contributed by atoms with E-state index in [1.54, 1.807) is 24.3 Å². The number of benzene rings is 2. The number of aliphatic hydroxyl groups is 1. The Bertz CT molecular complexity index is 2090. The van der Waals surface area contributed by atoms with Crippen molar-refractivity contribution in [1.29, 1.82) is 0 Å². The van der Waals surface area contributed by atoms with Crippen LogP contribution in [-0.2, 0) is 23.9 Å². The Morgan fingerprint density at radius 1 is 0.983 bits per heavy atom. The summed E-state index contributed by atoms with van der Waals surface area (Å²) in [4.78, 5) is 90.7. The SMILES string of the molecule is CC1CC(O)c2ncnc(N3CCN(C(=O)C(CNCCC(=O)NCCOCCNc4cccc5c4C(=O)N(C4CCC(=O)NC4=O)C5=O)c4ccc(Cl)cc4)CC3)c21. The topological polar surface area (TPSA) is 215 Å². The number of anilines is 2. The summed E-state index contributed by atoms with van der Waals surface area (Å²) in [5, 5.41) is 22.5. The summed E-state index contributed by atoms with van der Waals surface area (Å²) in [5.41, 5.74) is 3.29. The van der Waals surface area contributed by atoms with Crippen molar-refractivity contribution in [3.05, 3.63) is 81.8 Å². The second-order valence-corrected chi connectivity index (χ2v) is 15.5. The van der Waals surface area contributed by atoms with Gasteiger partial charge in [-0.2, -0.15) is 0 Å². The first-order valence-corrected chi connectivity index (χ1v) is 20.3. The largest absolute Gasteiger partial charge is 0.387 e. The molecule has 6 amide bonds. The second-order valence-electron chi connectivity index (χ2n) is 15.1. The smallest absolute Gasteiger partial charge is 0.264 e. The molecule has 0 spiro atoms. The first-order chi connectivity index (χ1) is 28.5. The van der Waals surface area contributed by atoms with E-state index < -0.39 is 41.7 Å². The highest BCUT2D eigenvalue weighted by atomic mass is 35.5. The standard InChI is InChI=1S/C41H48ClN9O8/c1-24-21-31(52)36-34(24)37(47-23-46-36)49-15-17-50(18-16-49)39(56)28(25-5-7-26(42)8-6-25)22-43-12-11-32(53)45-14-20-59-19-13-44-29-4-2-3-27-35(29)41(58)51(40(27)57)30-9-10-33(54)48-38(30)55/h2-8,23-24,28,30-31,43-44,52H,9-22H2,1H3,(H,45,53)(H,48,54,55). The van der Waals surface area contributed by atoms with Gasteiger partial charge >= 0.3 is 0 Å². The molecule has 59 heavy (non-hydrogen) atoms. The van der Waals surface area contributed by atoms with Gasteiger partial charge in [0.15, 0.2) is 0 Å². The lowest BCUT2D eigenvalue weighted by Gasteiger charge is -2.38. The molecule has 3 aromatic rings. The molecule has 4 heterocycles. The molecule has 5 N–H and O–H groups in total. The zero-order chi connectivity index (χ0) is 41.6. The molecule has 18 heteroatoms. The van der Waals surface area contributed by atoms with Gasteiger partial charge in [0.2, 0.25) is 23.6 Å². The van der Waals surface area contributed by atoms with Crippen LogP contribution in [-0.4, -0.2) is 132 Å². The van der Waals surface area contributed by atoms with E-state index in [9.17, 15) is 33.9 Å². The number of fused-ring (bicyclic) bond motifs is 2. The maximum Gasteiger partial charge on any atom is 0.264 e. The highest BCUT2D eigenvalue weighted by Gasteiger charge is 2.45. The first kappa shape index (κ1) is 41.7. The highest BCUT2D eigenvalue weighted by Crippen LogP contribution is 2.43. The number of hydrogen-bond donors (Lipinski definition) is 5. The summed E-state index contributed by atoms with van der Waals surface area (Å²) < 4.78 is 5.66. The van der Waals surface area contributed by atoms with Crippen molar-refractivity contribution in [1.82, 2.24) is 35.7 Å². The lowest BCUT2D eigenvalue weighted by atomic mass is 9.97. The zero-order valence-electron chi connectivity index (χ0n) is 32.7. The van der Waals surface area contributed by atoms with Gasteiger partial charge < -0.3 is 35.6 Å². The summed E-state index contributed by atoms with van der Waals surface area (Å²) in [6.07, 6.45) is 1.85. The maximum absolute atomic E-state index is 14.0. The molecule has 0 bridgehead atoms. The fourth-order valence-electron chi connectivity index (χ4n) is 8.18. The van der Waals surface area contributed by atoms with E-state index in [1.807, 2.05) is 17.0 Å². The number of rotatable bonds is 16. The third-order valence-corrected chi connectivity index (χ3v) is 11.5. The minimum absolute atomic E-state index is 0.0156. The van der Waals surface area contributed by atoms with E-state index in [4.69, 9.17) is 16.3 Å². The van der Waals surface area contributed by atoms with Gasteiger partial charge in [-0.15, -0.1) is 0 Å². The van der Waals surface area contributed by atoms with Crippen LogP contribution in [0, 0.1) is 0 Å². The number of carbonyl (C=O) groups is 6. The van der Waals surface area contributed by atoms with Gasteiger partial charge in [-0.1, -0.05) is 36.7 Å². The van der Waals surface area contributed by atoms with Crippen LogP contribution in [0.1, 0.15) is 88.1 Å². The number of piperazine rings is 1. The molecule has 0 radical (unpaired) electrons. The molecule has 4 atom stereocenters. The summed E-state index contributed by atoms with van der Waals surface area (Å²) in [6.45, 7) is 6.08. The number of carbonyl (C=O) groups excluding carboxylic acids is 6. The summed E-state index contributed by atoms with van der Waals surface area (Å²) in [5.74, 6) is -1.97. The van der Waals surface area contributed by atoms with E-state index in [1.165, 1.54) is 12.4 Å². The van der Waals surface area contributed by atoms with Crippen molar-refractivity contribution in [2.75, 3.05) is 75.8 Å². The molecule has 2 saturated heterocycles. The Morgan fingerprint density at radius 2 is 1.75 bits per heavy atom. The fraction of sp³-hybridized carbons (Fsp3) is 0.463. The summed E-state index contributed by atoms with van der Waals surface area (Å²) >= 11 is 6.16. The van der Waals surface area contributed by atoms with E-state index in [2.05, 4.69) is 43.1 Å². The van der Waals surface area contributed by atoms with E-state index in [-0.39, 0.29) is 67.9 Å². The van der Waals surface area contributed by atoms with Gasteiger partial charge in [-0.25, -0.2) is 9.97 Å². The number of piperidine rings is 1. The molecule has 3 aliphatic heterocycles. The molecule has 312 valence electrons. The van der Waals surface area contributed by atoms with Crippen LogP contribution in [0.25, 0.3) is 0 Å². The van der Waals surface area contributed by atoms with Crippen molar-refractivity contribution in [3.8, 4) is 0 Å². The average Bonchev–Trinajstić information content (AvgIpc) is 3.67. The minimum Gasteiger partial charge on any atom is -0.387 e. The number of amides is 6. The molecule has 0 saturated carbocycles. The van der Waals surface area contributed by atoms with Crippen LogP contribution in [0.3, 0.4) is 0 Å². The monoisotopic (exact) mass is 829 g/mol. The van der Waals surface area contributed by atoms with Gasteiger partial charge in [0.25, 0.3) is 11.8 Å². The lowest BCUT2D eigenvalue weighted by molar-refractivity contribution is -0.136. The normalized spacial score (nSPS) is 20.7. The van der Waals surface area contributed by atoms with Gasteiger partial charge in [0.1, 0.15) is 18.2 Å². The number of imide groups is 2. The van der Waals surface area contributed by atoms with E-state index in [0.717, 1.165) is 21.8 Å². The predicted octanol–water partition coefficient (Wildman–Crippen LogP) is 1.73. The molecular formula is C41H48ClN9O8. The number of hydrogen-bond acceptors (Lipinski definition) is 13. The molecule has 1 aliphatic carbocycles. The second kappa shape index (κ2) is 18.6. The Morgan fingerprint density at radius 3 is 2.51 bits per heavy atom. The Hall–Kier alpha value is -5.49. The number of nitrogens with zero attached hydrogens (tertiary/aromatic N) is 5. The van der Waals surface area contributed by atoms with Crippen molar-refractivity contribution in [3.63, 3.8) is 0 Å². The Labute approximate surface area is 346 Å². The lowest BCUT2D eigenvalue weighted by Crippen LogP contribution is -2.54. The molecule has 2 aromatic carbocycles. The summed E-state index contributed by atoms with van der Waals surface area (Å²) in [6, 6.07) is 11.0. The van der Waals surface area contributed by atoms with Crippen molar-refractivity contribution in [2.24, 2.45) is 0 Å². The van der Waals surface area contributed by atoms with Crippen LogP contribution in [0.15, 0.2) is 48.8 Å². The van der Waals surface area contributed by atoms with Crippen LogP contribution < -0.4 is 26.2 Å². The third-order valence-electron chi connectivity index (χ3n) is 11.2. The quantitative estimate of drug-likeness (QED) is 0.103. The Balaban J connectivity index is 0.817. The molecule has 4 unspecified atom stereocenters. The van der Waals surface area contributed by atoms with Gasteiger partial charge in [-0.05, 0) is 48.6 Å².